The lowest BCUT2D eigenvalue weighted by molar-refractivity contribution is -0.148. The molecule has 0 radical (unpaired) electrons. The molecule has 1 aromatic carbocycles. The van der Waals surface area contributed by atoms with Gasteiger partial charge < -0.3 is 20.1 Å². The van der Waals surface area contributed by atoms with E-state index < -0.39 is 12.0 Å². The second-order valence-electron chi connectivity index (χ2n) is 11.4. The molecule has 2 N–H and O–H groups in total. The van der Waals surface area contributed by atoms with Crippen molar-refractivity contribution in [3.05, 3.63) is 48.0 Å². The van der Waals surface area contributed by atoms with Crippen molar-refractivity contribution in [2.75, 3.05) is 13.2 Å². The SMILES string of the molecule is C=C(C)C(=O)NC(CCCCNC(=O)CC(C)(C)CC(C)(C)CC(=O)OCc1ccccc1)C(=O)OCC. The van der Waals surface area contributed by atoms with Crippen molar-refractivity contribution >= 4 is 23.8 Å². The molecule has 1 atom stereocenters. The van der Waals surface area contributed by atoms with Crippen molar-refractivity contribution < 1.29 is 28.7 Å². The Bertz CT molecular complexity index is 939. The highest BCUT2D eigenvalue weighted by atomic mass is 16.5. The molecular weight excluding hydrogens is 484 g/mol. The average molecular weight is 531 g/mol. The number of rotatable bonds is 17. The van der Waals surface area contributed by atoms with E-state index in [0.29, 0.717) is 44.2 Å². The Morgan fingerprint density at radius 2 is 1.58 bits per heavy atom. The van der Waals surface area contributed by atoms with Gasteiger partial charge in [-0.3, -0.25) is 14.4 Å². The predicted molar refractivity (Wildman–Crippen MR) is 148 cm³/mol. The van der Waals surface area contributed by atoms with Crippen LogP contribution in [0.4, 0.5) is 0 Å². The molecule has 0 aromatic heterocycles. The van der Waals surface area contributed by atoms with Crippen molar-refractivity contribution in [3.63, 3.8) is 0 Å². The van der Waals surface area contributed by atoms with E-state index in [-0.39, 0.29) is 48.2 Å². The third kappa shape index (κ3) is 14.0. The number of amides is 2. The number of carbonyl (C=O) groups excluding carboxylic acids is 4. The Kier molecular flexibility index (Phi) is 13.8. The van der Waals surface area contributed by atoms with E-state index in [2.05, 4.69) is 17.2 Å². The lowest BCUT2D eigenvalue weighted by Gasteiger charge is -2.34. The Hall–Kier alpha value is -3.16. The van der Waals surface area contributed by atoms with Crippen molar-refractivity contribution in [1.82, 2.24) is 10.6 Å². The zero-order chi connectivity index (χ0) is 28.8. The number of unbranched alkanes of at least 4 members (excludes halogenated alkanes) is 1. The van der Waals surface area contributed by atoms with Gasteiger partial charge >= 0.3 is 11.9 Å². The summed E-state index contributed by atoms with van der Waals surface area (Å²) in [6.07, 6.45) is 2.97. The van der Waals surface area contributed by atoms with Gasteiger partial charge in [-0.05, 0) is 55.9 Å². The van der Waals surface area contributed by atoms with Gasteiger partial charge in [-0.25, -0.2) is 4.79 Å². The van der Waals surface area contributed by atoms with E-state index in [4.69, 9.17) is 9.47 Å². The maximum Gasteiger partial charge on any atom is 0.328 e. The summed E-state index contributed by atoms with van der Waals surface area (Å²) >= 11 is 0. The highest BCUT2D eigenvalue weighted by molar-refractivity contribution is 5.95. The van der Waals surface area contributed by atoms with Gasteiger partial charge in [0.15, 0.2) is 0 Å². The van der Waals surface area contributed by atoms with Gasteiger partial charge in [-0.2, -0.15) is 0 Å². The van der Waals surface area contributed by atoms with Crippen LogP contribution in [0.3, 0.4) is 0 Å². The quantitative estimate of drug-likeness (QED) is 0.169. The van der Waals surface area contributed by atoms with Crippen LogP contribution in [0.25, 0.3) is 0 Å². The highest BCUT2D eigenvalue weighted by Crippen LogP contribution is 2.38. The number of hydrogen-bond donors (Lipinski definition) is 2. The summed E-state index contributed by atoms with van der Waals surface area (Å²) in [5.41, 5.74) is 0.633. The molecule has 0 aliphatic rings. The first-order valence-electron chi connectivity index (χ1n) is 13.3. The number of ether oxygens (including phenoxy) is 2. The monoisotopic (exact) mass is 530 g/mol. The highest BCUT2D eigenvalue weighted by Gasteiger charge is 2.33. The number of benzene rings is 1. The second-order valence-corrected chi connectivity index (χ2v) is 11.4. The molecule has 1 rings (SSSR count). The summed E-state index contributed by atoms with van der Waals surface area (Å²) < 4.78 is 10.5. The van der Waals surface area contributed by atoms with Crippen molar-refractivity contribution in [1.29, 1.82) is 0 Å². The Balaban J connectivity index is 2.42. The van der Waals surface area contributed by atoms with Crippen LogP contribution < -0.4 is 10.6 Å². The van der Waals surface area contributed by atoms with Crippen LogP contribution in [0, 0.1) is 10.8 Å². The third-order valence-corrected chi connectivity index (χ3v) is 5.97. The van der Waals surface area contributed by atoms with E-state index in [1.807, 2.05) is 58.0 Å². The van der Waals surface area contributed by atoms with E-state index in [1.54, 1.807) is 13.8 Å². The van der Waals surface area contributed by atoms with E-state index in [1.165, 1.54) is 0 Å². The molecule has 1 unspecified atom stereocenters. The minimum atomic E-state index is -0.740. The molecule has 212 valence electrons. The van der Waals surface area contributed by atoms with Crippen LogP contribution in [0.2, 0.25) is 0 Å². The first kappa shape index (κ1) is 32.9. The molecule has 0 bridgehead atoms. The molecule has 0 aliphatic heterocycles. The predicted octanol–water partition coefficient (Wildman–Crippen LogP) is 4.86. The molecule has 0 saturated carbocycles. The summed E-state index contributed by atoms with van der Waals surface area (Å²) in [7, 11) is 0. The molecule has 2 amide bonds. The smallest absolute Gasteiger partial charge is 0.328 e. The standard InChI is InChI=1S/C30H46N2O6/c1-8-37-28(36)24(32-27(35)22(2)3)16-12-13-17-31-25(33)18-29(4,5)21-30(6,7)19-26(34)38-20-23-14-10-9-11-15-23/h9-11,14-15,24H,2,8,12-13,16-21H2,1,3-7H3,(H,31,33)(H,32,35). The lowest BCUT2D eigenvalue weighted by Crippen LogP contribution is -2.42. The van der Waals surface area contributed by atoms with Gasteiger partial charge in [0.1, 0.15) is 12.6 Å². The summed E-state index contributed by atoms with van der Waals surface area (Å²) in [5, 5.41) is 5.59. The molecule has 0 spiro atoms. The Morgan fingerprint density at radius 1 is 0.947 bits per heavy atom. The van der Waals surface area contributed by atoms with Gasteiger partial charge in [0.25, 0.3) is 0 Å². The zero-order valence-corrected chi connectivity index (χ0v) is 24.0. The Morgan fingerprint density at radius 3 is 2.18 bits per heavy atom. The van der Waals surface area contributed by atoms with Gasteiger partial charge in [0.05, 0.1) is 13.0 Å². The van der Waals surface area contributed by atoms with Crippen LogP contribution in [-0.4, -0.2) is 42.9 Å². The molecule has 8 nitrogen and oxygen atoms in total. The minimum absolute atomic E-state index is 0.0602. The molecule has 0 fully saturated rings. The summed E-state index contributed by atoms with van der Waals surface area (Å²) in [6, 6.07) is 8.83. The minimum Gasteiger partial charge on any atom is -0.464 e. The fraction of sp³-hybridized carbons (Fsp3) is 0.600. The maximum absolute atomic E-state index is 12.6. The van der Waals surface area contributed by atoms with Crippen LogP contribution in [-0.2, 0) is 35.3 Å². The first-order chi connectivity index (χ1) is 17.7. The topological polar surface area (TPSA) is 111 Å². The maximum atomic E-state index is 12.6. The van der Waals surface area contributed by atoms with Crippen molar-refractivity contribution in [2.24, 2.45) is 10.8 Å². The molecule has 0 saturated heterocycles. The van der Waals surface area contributed by atoms with E-state index >= 15 is 0 Å². The van der Waals surface area contributed by atoms with Crippen LogP contribution in [0.1, 0.15) is 85.6 Å². The fourth-order valence-corrected chi connectivity index (χ4v) is 4.57. The average Bonchev–Trinajstić information content (AvgIpc) is 2.80. The number of esters is 2. The zero-order valence-electron chi connectivity index (χ0n) is 24.0. The largest absolute Gasteiger partial charge is 0.464 e. The molecule has 0 heterocycles. The normalized spacial score (nSPS) is 12.3. The van der Waals surface area contributed by atoms with Gasteiger partial charge in [-0.1, -0.05) is 64.6 Å². The summed E-state index contributed by atoms with van der Waals surface area (Å²) in [6.45, 7) is 15.9. The lowest BCUT2D eigenvalue weighted by atomic mass is 9.72. The van der Waals surface area contributed by atoms with Gasteiger partial charge in [0.2, 0.25) is 11.8 Å². The Labute approximate surface area is 227 Å². The van der Waals surface area contributed by atoms with Crippen LogP contribution >= 0.6 is 0 Å². The number of hydrogen-bond acceptors (Lipinski definition) is 6. The number of nitrogens with one attached hydrogen (secondary N) is 2. The third-order valence-electron chi connectivity index (χ3n) is 5.97. The van der Waals surface area contributed by atoms with Gasteiger partial charge in [-0.15, -0.1) is 0 Å². The van der Waals surface area contributed by atoms with E-state index in [0.717, 1.165) is 5.56 Å². The molecule has 1 aromatic rings. The van der Waals surface area contributed by atoms with E-state index in [9.17, 15) is 19.2 Å². The summed E-state index contributed by atoms with van der Waals surface area (Å²) in [4.78, 5) is 49.1. The molecular formula is C30H46N2O6. The first-order valence-corrected chi connectivity index (χ1v) is 13.3. The van der Waals surface area contributed by atoms with Crippen LogP contribution in [0.15, 0.2) is 42.5 Å². The number of carbonyl (C=O) groups is 4. The van der Waals surface area contributed by atoms with Gasteiger partial charge in [0, 0.05) is 18.5 Å². The second kappa shape index (κ2) is 15.9. The summed E-state index contributed by atoms with van der Waals surface area (Å²) in [5.74, 6) is -1.17. The fourth-order valence-electron chi connectivity index (χ4n) is 4.57. The van der Waals surface area contributed by atoms with Crippen molar-refractivity contribution in [3.8, 4) is 0 Å². The van der Waals surface area contributed by atoms with Crippen LogP contribution in [0.5, 0.6) is 0 Å². The molecule has 38 heavy (non-hydrogen) atoms. The molecule has 0 aliphatic carbocycles. The van der Waals surface area contributed by atoms with Crippen molar-refractivity contribution in [2.45, 2.75) is 92.7 Å². The molecule has 8 heteroatoms.